The monoisotopic (exact) mass is 766 g/mol. The molecule has 0 fully saturated rings. The van der Waals surface area contributed by atoms with E-state index < -0.39 is 11.9 Å². The van der Waals surface area contributed by atoms with Crippen molar-refractivity contribution in [3.05, 3.63) is 132 Å². The number of nitrogens with zero attached hydrogens (tertiary/aromatic N) is 6. The predicted octanol–water partition coefficient (Wildman–Crippen LogP) is 6.02. The third-order valence-corrected chi connectivity index (χ3v) is 9.14. The number of aryl methyl sites for hydroxylation is 2. The third kappa shape index (κ3) is 8.14. The number of rotatable bonds is 11. The minimum Gasteiger partial charge on any atom is -0.508 e. The smallest absolute Gasteiger partial charge is 0.337 e. The fourth-order valence-electron chi connectivity index (χ4n) is 6.32. The van der Waals surface area contributed by atoms with E-state index in [0.29, 0.717) is 24.2 Å². The summed E-state index contributed by atoms with van der Waals surface area (Å²) < 4.78 is 8.66. The number of phenols is 1. The van der Waals surface area contributed by atoms with Crippen LogP contribution in [0.1, 0.15) is 44.9 Å². The number of benzene rings is 4. The first kappa shape index (κ1) is 37.4. The van der Waals surface area contributed by atoms with Crippen molar-refractivity contribution in [1.82, 2.24) is 29.7 Å². The van der Waals surface area contributed by atoms with E-state index in [1.54, 1.807) is 70.7 Å². The van der Waals surface area contributed by atoms with Crippen LogP contribution in [0.5, 0.6) is 11.5 Å². The highest BCUT2D eigenvalue weighted by Crippen LogP contribution is 2.25. The van der Waals surface area contributed by atoms with Crippen LogP contribution < -0.4 is 15.4 Å². The molecule has 0 bridgehead atoms. The average Bonchev–Trinajstić information content (AvgIpc) is 3.83. The van der Waals surface area contributed by atoms with Gasteiger partial charge in [0.15, 0.2) is 0 Å². The average molecular weight is 767 g/mol. The first-order valence-corrected chi connectivity index (χ1v) is 17.6. The normalized spacial score (nSPS) is 11.0. The second-order valence-electron chi connectivity index (χ2n) is 12.8. The first-order valence-electron chi connectivity index (χ1n) is 17.6. The number of aromatic hydroxyl groups is 1. The Morgan fingerprint density at radius 1 is 0.596 bits per heavy atom. The number of ether oxygens (including phenoxy) is 1. The number of methoxy groups -OCH3 is 1. The lowest BCUT2D eigenvalue weighted by molar-refractivity contribution is -0.117. The molecule has 0 atom stereocenters. The summed E-state index contributed by atoms with van der Waals surface area (Å²) in [6.45, 7) is 0. The minimum absolute atomic E-state index is 0.0414. The maximum absolute atomic E-state index is 12.3. The number of aromatic nitrogens is 6. The van der Waals surface area contributed by atoms with E-state index >= 15 is 0 Å². The Kier molecular flexibility index (Phi) is 10.7. The van der Waals surface area contributed by atoms with Crippen molar-refractivity contribution in [2.24, 2.45) is 0 Å². The molecule has 0 aliphatic heterocycles. The van der Waals surface area contributed by atoms with Crippen molar-refractivity contribution in [3.8, 4) is 11.5 Å². The number of phenolic OH excluding ortho intramolecular Hbond substituents is 1. The number of aromatic carboxylic acids is 2. The lowest BCUT2D eigenvalue weighted by Crippen LogP contribution is -2.15. The van der Waals surface area contributed by atoms with Crippen LogP contribution in [-0.2, 0) is 22.4 Å². The van der Waals surface area contributed by atoms with Gasteiger partial charge in [-0.05, 0) is 72.8 Å². The van der Waals surface area contributed by atoms with E-state index in [1.165, 1.54) is 12.1 Å². The first-order chi connectivity index (χ1) is 27.6. The van der Waals surface area contributed by atoms with Crippen LogP contribution in [0, 0.1) is 0 Å². The molecule has 16 heteroatoms. The summed E-state index contributed by atoms with van der Waals surface area (Å²) in [6.07, 6.45) is 1.03. The highest BCUT2D eigenvalue weighted by Gasteiger charge is 2.16. The molecule has 16 nitrogen and oxygen atoms in total. The van der Waals surface area contributed by atoms with Crippen molar-refractivity contribution >= 4 is 68.0 Å². The van der Waals surface area contributed by atoms with E-state index in [-0.39, 0.29) is 52.9 Å². The van der Waals surface area contributed by atoms with Crippen molar-refractivity contribution in [1.29, 1.82) is 0 Å². The van der Waals surface area contributed by atoms with Crippen molar-refractivity contribution < 1.29 is 39.2 Å². The number of hydrogen-bond acceptors (Lipinski definition) is 10. The molecule has 5 N–H and O–H groups in total. The second kappa shape index (κ2) is 16.2. The summed E-state index contributed by atoms with van der Waals surface area (Å²) in [6, 6.07) is 30.8. The third-order valence-electron chi connectivity index (χ3n) is 9.14. The zero-order chi connectivity index (χ0) is 40.1. The van der Waals surface area contributed by atoms with Crippen molar-refractivity contribution in [3.63, 3.8) is 0 Å². The van der Waals surface area contributed by atoms with Gasteiger partial charge in [0.05, 0.1) is 63.1 Å². The van der Waals surface area contributed by atoms with Crippen molar-refractivity contribution in [2.75, 3.05) is 17.7 Å². The van der Waals surface area contributed by atoms with E-state index in [9.17, 15) is 34.5 Å². The molecule has 0 saturated carbocycles. The molecule has 4 aromatic carbocycles. The Bertz CT molecular complexity index is 2830. The molecule has 4 heterocycles. The van der Waals surface area contributed by atoms with Gasteiger partial charge in [-0.15, -0.1) is 10.2 Å². The van der Waals surface area contributed by atoms with Gasteiger partial charge in [-0.3, -0.25) is 9.59 Å². The number of fused-ring (bicyclic) bond motifs is 6. The Labute approximate surface area is 322 Å². The fraction of sp³-hybridized carbons (Fsp3) is 0.122. The summed E-state index contributed by atoms with van der Waals surface area (Å²) in [5.74, 6) is -1.85. The number of carbonyl (C=O) groups is 4. The molecule has 0 aliphatic carbocycles. The van der Waals surface area contributed by atoms with Crippen LogP contribution in [0.3, 0.4) is 0 Å². The van der Waals surface area contributed by atoms with Crippen LogP contribution in [0.25, 0.3) is 32.8 Å². The molecule has 286 valence electrons. The summed E-state index contributed by atoms with van der Waals surface area (Å²) in [4.78, 5) is 47.1. The summed E-state index contributed by atoms with van der Waals surface area (Å²) in [5.41, 5.74) is 5.28. The number of carbonyl (C=O) groups excluding carboxylic acids is 2. The predicted molar refractivity (Wildman–Crippen MR) is 210 cm³/mol. The maximum atomic E-state index is 12.3. The highest BCUT2D eigenvalue weighted by molar-refractivity contribution is 6.01. The largest absolute Gasteiger partial charge is 0.508 e. The number of pyridine rings is 2. The standard InChI is InChI=1S/C21H18N4O4.C20H16N4O4/c1-29-14-7-10-18-13(12-14)6-9-19-17(23-24-25(18)19)8-11-20(26)22-16-5-3-2-4-15(16)21(27)28;25-13-6-9-17-12(11-13)5-8-18-16(22-23-24(17)18)7-10-19(26)21-15-4-2-1-3-14(15)20(27)28/h2-7,9-10,12H,8,11H2,1H3,(H,22,26)(H,27,28);1-6,8-9,11,25H,7,10H2,(H,21,26)(H,27,28). The SMILES string of the molecule is COc1ccc2c(ccc3c(CCC(=O)Nc4ccccc4C(=O)O)nnn32)c1.O=C(CCc1nnn2c1ccc1cc(O)ccc12)Nc1ccccc1C(=O)O. The van der Waals surface area contributed by atoms with E-state index in [4.69, 9.17) is 4.74 Å². The number of carboxylic acid groups (broad SMARTS) is 2. The minimum atomic E-state index is -1.10. The van der Waals surface area contributed by atoms with E-state index in [0.717, 1.165) is 38.6 Å². The molecule has 0 radical (unpaired) electrons. The van der Waals surface area contributed by atoms with Gasteiger partial charge in [-0.1, -0.05) is 46.8 Å². The van der Waals surface area contributed by atoms with Crippen LogP contribution in [0.4, 0.5) is 11.4 Å². The van der Waals surface area contributed by atoms with Crippen LogP contribution in [-0.4, -0.2) is 75.8 Å². The van der Waals surface area contributed by atoms with Crippen molar-refractivity contribution in [2.45, 2.75) is 25.7 Å². The van der Waals surface area contributed by atoms with Gasteiger partial charge in [-0.2, -0.15) is 0 Å². The number of carboxylic acids is 2. The molecular weight excluding hydrogens is 732 g/mol. The van der Waals surface area contributed by atoms with Gasteiger partial charge in [0.25, 0.3) is 0 Å². The molecule has 2 amide bonds. The second-order valence-corrected chi connectivity index (χ2v) is 12.8. The molecule has 0 saturated heterocycles. The molecule has 57 heavy (non-hydrogen) atoms. The molecule has 4 aromatic heterocycles. The quantitative estimate of drug-likeness (QED) is 0.102. The molecule has 0 spiro atoms. The Morgan fingerprint density at radius 2 is 1.05 bits per heavy atom. The van der Waals surface area contributed by atoms with Crippen LogP contribution >= 0.6 is 0 Å². The Hall–Kier alpha value is -7.88. The molecule has 8 rings (SSSR count). The van der Waals surface area contributed by atoms with Gasteiger partial charge in [0.2, 0.25) is 11.8 Å². The zero-order valence-corrected chi connectivity index (χ0v) is 30.3. The lowest BCUT2D eigenvalue weighted by Gasteiger charge is -2.08. The number of amides is 2. The molecule has 0 unspecified atom stereocenters. The van der Waals surface area contributed by atoms with Gasteiger partial charge >= 0.3 is 11.9 Å². The lowest BCUT2D eigenvalue weighted by atomic mass is 10.1. The summed E-state index contributed by atoms with van der Waals surface area (Å²) in [7, 11) is 1.62. The number of hydrogen-bond donors (Lipinski definition) is 5. The summed E-state index contributed by atoms with van der Waals surface area (Å²) >= 11 is 0. The zero-order valence-electron chi connectivity index (χ0n) is 30.3. The molecular formula is C41H34N8O8. The highest BCUT2D eigenvalue weighted by atomic mass is 16.5. The van der Waals surface area contributed by atoms with Gasteiger partial charge in [0.1, 0.15) is 11.5 Å². The maximum Gasteiger partial charge on any atom is 0.337 e. The van der Waals surface area contributed by atoms with Gasteiger partial charge in [-0.25, -0.2) is 18.6 Å². The molecule has 0 aliphatic rings. The van der Waals surface area contributed by atoms with E-state index in [1.807, 2.05) is 42.5 Å². The summed E-state index contributed by atoms with van der Waals surface area (Å²) in [5, 5.41) is 51.9. The number of nitrogens with one attached hydrogen (secondary N) is 2. The van der Waals surface area contributed by atoms with Gasteiger partial charge in [0, 0.05) is 36.5 Å². The van der Waals surface area contributed by atoms with Gasteiger partial charge < -0.3 is 30.7 Å². The number of anilines is 2. The van der Waals surface area contributed by atoms with Crippen LogP contribution in [0.2, 0.25) is 0 Å². The molecule has 8 aromatic rings. The Morgan fingerprint density at radius 3 is 1.54 bits per heavy atom. The topological polar surface area (TPSA) is 223 Å². The fourth-order valence-corrected chi connectivity index (χ4v) is 6.32. The van der Waals surface area contributed by atoms with Crippen LogP contribution in [0.15, 0.2) is 109 Å². The van der Waals surface area contributed by atoms with E-state index in [2.05, 4.69) is 31.3 Å². The number of para-hydroxylation sites is 2. The Balaban J connectivity index is 0.000000174.